The van der Waals surface area contributed by atoms with Gasteiger partial charge in [-0.25, -0.2) is 9.97 Å². The smallest absolute Gasteiger partial charge is 0.208 e. The van der Waals surface area contributed by atoms with Gasteiger partial charge in [-0.05, 0) is 81.1 Å². The number of hydrogen-bond acceptors (Lipinski definition) is 6. The van der Waals surface area contributed by atoms with Crippen LogP contribution in [0, 0.1) is 18.8 Å². The number of rotatable bonds is 8. The number of fused-ring (bicyclic) bond motifs is 8. The molecule has 0 saturated heterocycles. The molecule has 0 unspecified atom stereocenters. The van der Waals surface area contributed by atoms with Crippen LogP contribution < -0.4 is 35.7 Å². The molecule has 0 saturated carbocycles. The Bertz CT molecular complexity index is 4620. The molecule has 0 amide bonds. The van der Waals surface area contributed by atoms with Gasteiger partial charge in [-0.3, -0.25) is 4.57 Å². The van der Waals surface area contributed by atoms with Gasteiger partial charge >= 0.3 is 0 Å². The zero-order valence-corrected chi connectivity index (χ0v) is 42.8. The molecule has 0 bridgehead atoms. The molecule has 5 heterocycles. The van der Waals surface area contributed by atoms with Gasteiger partial charge in [-0.15, -0.1) is 37.0 Å². The minimum absolute atomic E-state index is 0. The summed E-state index contributed by atoms with van der Waals surface area (Å²) >= 11 is 0. The van der Waals surface area contributed by atoms with Gasteiger partial charge < -0.3 is 23.7 Å². The number of imidazole rings is 2. The molecule has 12 aromatic rings. The molecular formula is C65H46BN6O2Pt-3. The summed E-state index contributed by atoms with van der Waals surface area (Å²) in [5.41, 5.74) is 8.43. The van der Waals surface area contributed by atoms with E-state index in [9.17, 15) is 5.48 Å². The van der Waals surface area contributed by atoms with Crippen LogP contribution >= 0.6 is 0 Å². The first-order chi connectivity index (χ1) is 40.5. The van der Waals surface area contributed by atoms with Gasteiger partial charge in [0.1, 0.15) is 11.6 Å². The van der Waals surface area contributed by atoms with E-state index in [1.165, 1.54) is 0 Å². The van der Waals surface area contributed by atoms with Crippen LogP contribution in [0.2, 0.25) is 0 Å². The van der Waals surface area contributed by atoms with Crippen LogP contribution in [0.25, 0.3) is 55.9 Å². The second kappa shape index (κ2) is 18.4. The Morgan fingerprint density at radius 1 is 0.653 bits per heavy atom. The van der Waals surface area contributed by atoms with Crippen molar-refractivity contribution in [3.05, 3.63) is 243 Å². The van der Waals surface area contributed by atoms with Crippen molar-refractivity contribution in [2.45, 2.75) is 26.2 Å². The molecule has 2 aliphatic heterocycles. The van der Waals surface area contributed by atoms with Crippen LogP contribution in [-0.4, -0.2) is 25.6 Å². The fraction of sp³-hybridized carbons (Fsp3) is 0.0615. The van der Waals surface area contributed by atoms with E-state index >= 15 is 0 Å². The fourth-order valence-corrected chi connectivity index (χ4v) is 10.3. The van der Waals surface area contributed by atoms with Crippen LogP contribution in [0.1, 0.15) is 40.0 Å². The van der Waals surface area contributed by atoms with E-state index in [1.807, 2.05) is 131 Å². The summed E-state index contributed by atoms with van der Waals surface area (Å²) < 4.78 is 107. The number of benzene rings is 9. The topological polar surface area (TPSA) is 60.1 Å². The van der Waals surface area contributed by atoms with Crippen LogP contribution in [0.4, 0.5) is 22.7 Å². The summed E-state index contributed by atoms with van der Waals surface area (Å²) in [4.78, 5) is 13.7. The molecule has 0 aliphatic carbocycles. The number of ether oxygens (including phenoxy) is 2. The number of hydrogen-bond donors (Lipinski definition) is 0. The molecule has 75 heavy (non-hydrogen) atoms. The molecule has 364 valence electrons. The molecular weight excluding hydrogens is 1100 g/mol. The van der Waals surface area contributed by atoms with Gasteiger partial charge in [0.15, 0.2) is 6.71 Å². The summed E-state index contributed by atoms with van der Waals surface area (Å²) in [6.07, 6.45) is 1.81. The molecule has 0 N–H and O–H groups in total. The molecule has 0 atom stereocenters. The van der Waals surface area contributed by atoms with Crippen molar-refractivity contribution in [3.63, 3.8) is 0 Å². The van der Waals surface area contributed by atoms with Crippen LogP contribution in [0.15, 0.2) is 218 Å². The summed E-state index contributed by atoms with van der Waals surface area (Å²) in [6, 6.07) is 50.0. The third-order valence-corrected chi connectivity index (χ3v) is 13.7. The van der Waals surface area contributed by atoms with E-state index in [0.29, 0.717) is 62.6 Å². The van der Waals surface area contributed by atoms with Crippen molar-refractivity contribution in [2.24, 2.45) is 0 Å². The molecule has 0 fully saturated rings. The van der Waals surface area contributed by atoms with E-state index in [2.05, 4.69) is 55.5 Å². The monoisotopic (exact) mass is 1160 g/mol. The van der Waals surface area contributed by atoms with E-state index in [0.717, 1.165) is 33.0 Å². The second-order valence-corrected chi connectivity index (χ2v) is 19.2. The molecule has 0 radical (unpaired) electrons. The first kappa shape index (κ1) is 36.3. The Morgan fingerprint density at radius 2 is 1.33 bits per heavy atom. The van der Waals surface area contributed by atoms with E-state index in [-0.39, 0.29) is 54.4 Å². The SMILES string of the molecule is [2H]c1c([2H])c([2H])c(-c2cccc(-c3c([2H])c([2H])c([2H])c([2H])c3[2H])c2N2[CH-]N(c3[c-]c(Oc4[c-]c5c(cc4)n4c6ccccc6nc4n5-c4cc(C(C)(C)C)ccn4)c4c(c3)Oc3ccccc3B4c3ccccc3)c3ccccc32)c([2H])c1[2H].[Pt]. The number of pyridine rings is 1. The van der Waals surface area contributed by atoms with Crippen LogP contribution in [0.3, 0.4) is 0 Å². The predicted octanol–water partition coefficient (Wildman–Crippen LogP) is 13.9. The molecule has 3 aromatic heterocycles. The minimum atomic E-state index is -0.583. The Hall–Kier alpha value is -8.65. The summed E-state index contributed by atoms with van der Waals surface area (Å²) in [7, 11) is 0. The normalized spacial score (nSPS) is 14.7. The maximum absolute atomic E-state index is 9.22. The van der Waals surface area contributed by atoms with Gasteiger partial charge in [-0.2, -0.15) is 0 Å². The van der Waals surface area contributed by atoms with Gasteiger partial charge in [0.2, 0.25) is 5.78 Å². The first-order valence-corrected chi connectivity index (χ1v) is 24.2. The van der Waals surface area contributed by atoms with Crippen molar-refractivity contribution in [1.82, 2.24) is 18.9 Å². The Kier molecular flexibility index (Phi) is 8.90. The maximum atomic E-state index is 9.22. The minimum Gasteiger partial charge on any atom is -0.509 e. The molecule has 0 spiro atoms. The van der Waals surface area contributed by atoms with Crippen molar-refractivity contribution < 1.29 is 44.2 Å². The third-order valence-electron chi connectivity index (χ3n) is 13.7. The first-order valence-electron chi connectivity index (χ1n) is 29.2. The van der Waals surface area contributed by atoms with Crippen LogP contribution in [-0.2, 0) is 26.5 Å². The van der Waals surface area contributed by atoms with Crippen molar-refractivity contribution >= 4 is 73.7 Å². The molecule has 14 rings (SSSR count). The molecule has 8 nitrogen and oxygen atoms in total. The zero-order chi connectivity index (χ0) is 58.2. The fourth-order valence-electron chi connectivity index (χ4n) is 10.3. The Morgan fingerprint density at radius 3 is 2.08 bits per heavy atom. The number of para-hydroxylation sites is 6. The van der Waals surface area contributed by atoms with Crippen molar-refractivity contribution in [1.29, 1.82) is 0 Å². The number of anilines is 4. The van der Waals surface area contributed by atoms with Crippen molar-refractivity contribution in [3.8, 4) is 51.1 Å². The standard InChI is InChI=1S/C65H46BN6O2.Pt/c1-65(2,3)45-36-37-67-61(38-45)72-57-41-48(34-35-56(57)71-53-30-15-14-29-52(53)68-64(71)72)73-59-39-47(40-60-62(59)66(46-24-11-6-12-25-46)51-28-13-18-33-58(51)74-60)69-42-70(55-32-17-16-31-54(55)69)63-49(43-20-7-4-8-21-43)26-19-27-50(63)44-22-9-5-10-23-44;/h4-38,40,42H,1-3H3;/q-3;/i4D,5D,7D,8D,9D,10D,20D,21D,22D,23D;. The quantitative estimate of drug-likeness (QED) is 0.112. The maximum Gasteiger partial charge on any atom is 0.208 e. The van der Waals surface area contributed by atoms with E-state index in [4.69, 9.17) is 27.7 Å². The predicted molar refractivity (Wildman–Crippen MR) is 300 cm³/mol. The summed E-state index contributed by atoms with van der Waals surface area (Å²) in [5, 5.41) is 0. The number of aromatic nitrogens is 4. The molecule has 2 aliphatic rings. The summed E-state index contributed by atoms with van der Waals surface area (Å²) in [6.45, 7) is 7.82. The van der Waals surface area contributed by atoms with E-state index < -0.39 is 67.1 Å². The average Bonchev–Trinajstić information content (AvgIpc) is 2.43. The van der Waals surface area contributed by atoms with Crippen molar-refractivity contribution in [2.75, 3.05) is 9.80 Å². The Labute approximate surface area is 464 Å². The molecule has 10 heteroatoms. The largest absolute Gasteiger partial charge is 0.509 e. The third kappa shape index (κ3) is 7.80. The van der Waals surface area contributed by atoms with Gasteiger partial charge in [-0.1, -0.05) is 189 Å². The van der Waals surface area contributed by atoms with Crippen LogP contribution in [0.5, 0.6) is 23.0 Å². The summed E-state index contributed by atoms with van der Waals surface area (Å²) in [5.74, 6) is 3.07. The Balaban J connectivity index is 0.00000672. The second-order valence-electron chi connectivity index (χ2n) is 19.2. The average molecular weight is 1160 g/mol. The van der Waals surface area contributed by atoms with E-state index in [1.54, 1.807) is 29.8 Å². The van der Waals surface area contributed by atoms with Gasteiger partial charge in [0.25, 0.3) is 0 Å². The molecule has 9 aromatic carbocycles. The van der Waals surface area contributed by atoms with Gasteiger partial charge in [0, 0.05) is 72.7 Å². The number of nitrogens with zero attached hydrogens (tertiary/aromatic N) is 6. The van der Waals surface area contributed by atoms with Gasteiger partial charge in [0.05, 0.1) is 24.7 Å². The zero-order valence-electron chi connectivity index (χ0n) is 50.5.